The summed E-state index contributed by atoms with van der Waals surface area (Å²) in [5.74, 6) is 1.42. The van der Waals surface area contributed by atoms with E-state index in [1.165, 1.54) is 0 Å². The summed E-state index contributed by atoms with van der Waals surface area (Å²) in [5.41, 5.74) is 3.41. The van der Waals surface area contributed by atoms with E-state index in [0.717, 1.165) is 28.3 Å². The van der Waals surface area contributed by atoms with Gasteiger partial charge in [-0.15, -0.1) is 0 Å². The molecule has 0 unspecified atom stereocenters. The summed E-state index contributed by atoms with van der Waals surface area (Å²) in [6, 6.07) is 17.6. The Morgan fingerprint density at radius 3 is 2.85 bits per heavy atom. The molecular formula is C20H18N4O3. The quantitative estimate of drug-likeness (QED) is 0.745. The Labute approximate surface area is 155 Å². The average molecular weight is 362 g/mol. The average Bonchev–Trinajstić information content (AvgIpc) is 3.35. The molecule has 0 aliphatic carbocycles. The van der Waals surface area contributed by atoms with Crippen molar-refractivity contribution < 1.29 is 14.3 Å². The minimum absolute atomic E-state index is 0.106. The Morgan fingerprint density at radius 2 is 1.96 bits per heavy atom. The van der Waals surface area contributed by atoms with Crippen LogP contribution in [-0.4, -0.2) is 29.0 Å². The lowest BCUT2D eigenvalue weighted by Crippen LogP contribution is -2.45. The van der Waals surface area contributed by atoms with Crippen molar-refractivity contribution in [3.63, 3.8) is 0 Å². The SMILES string of the molecule is O=C1NC[C@@H](NCc2ccc3c(c2)OCO3)n2nc(-c3ccccc3)cc21. The van der Waals surface area contributed by atoms with E-state index in [0.29, 0.717) is 18.8 Å². The number of hydrogen-bond donors (Lipinski definition) is 2. The van der Waals surface area contributed by atoms with Gasteiger partial charge in [0, 0.05) is 12.1 Å². The molecule has 1 amide bonds. The van der Waals surface area contributed by atoms with Crippen molar-refractivity contribution >= 4 is 5.91 Å². The van der Waals surface area contributed by atoms with Crippen LogP contribution in [0.5, 0.6) is 11.5 Å². The Morgan fingerprint density at radius 1 is 1.11 bits per heavy atom. The van der Waals surface area contributed by atoms with Crippen LogP contribution in [-0.2, 0) is 6.54 Å². The van der Waals surface area contributed by atoms with Gasteiger partial charge in [-0.25, -0.2) is 4.68 Å². The number of rotatable bonds is 4. The molecule has 7 nitrogen and oxygen atoms in total. The van der Waals surface area contributed by atoms with Gasteiger partial charge < -0.3 is 14.8 Å². The number of carbonyl (C=O) groups excluding carboxylic acids is 1. The maximum atomic E-state index is 12.2. The van der Waals surface area contributed by atoms with Gasteiger partial charge in [0.05, 0.1) is 12.2 Å². The van der Waals surface area contributed by atoms with Gasteiger partial charge in [0.2, 0.25) is 6.79 Å². The molecule has 2 aliphatic heterocycles. The van der Waals surface area contributed by atoms with Crippen LogP contribution in [0.4, 0.5) is 0 Å². The van der Waals surface area contributed by atoms with Gasteiger partial charge in [-0.1, -0.05) is 36.4 Å². The van der Waals surface area contributed by atoms with Crippen LogP contribution in [0.2, 0.25) is 0 Å². The van der Waals surface area contributed by atoms with Gasteiger partial charge in [-0.3, -0.25) is 10.1 Å². The highest BCUT2D eigenvalue weighted by Crippen LogP contribution is 2.32. The summed E-state index contributed by atoms with van der Waals surface area (Å²) in [6.45, 7) is 1.36. The van der Waals surface area contributed by atoms with Crippen molar-refractivity contribution in [1.29, 1.82) is 0 Å². The molecule has 0 saturated carbocycles. The number of carbonyl (C=O) groups is 1. The van der Waals surface area contributed by atoms with E-state index < -0.39 is 0 Å². The third-order valence-corrected chi connectivity index (χ3v) is 4.77. The first-order valence-corrected chi connectivity index (χ1v) is 8.83. The molecule has 3 heterocycles. The number of aromatic nitrogens is 2. The van der Waals surface area contributed by atoms with E-state index >= 15 is 0 Å². The third-order valence-electron chi connectivity index (χ3n) is 4.77. The van der Waals surface area contributed by atoms with Crippen molar-refractivity contribution in [2.75, 3.05) is 13.3 Å². The summed E-state index contributed by atoms with van der Waals surface area (Å²) in [4.78, 5) is 12.2. The lowest BCUT2D eigenvalue weighted by atomic mass is 10.1. The van der Waals surface area contributed by atoms with Gasteiger partial charge in [0.1, 0.15) is 11.9 Å². The first kappa shape index (κ1) is 15.9. The second kappa shape index (κ2) is 6.44. The van der Waals surface area contributed by atoms with E-state index in [-0.39, 0.29) is 18.9 Å². The fourth-order valence-electron chi connectivity index (χ4n) is 3.36. The van der Waals surface area contributed by atoms with E-state index in [1.807, 2.05) is 54.6 Å². The van der Waals surface area contributed by atoms with Crippen molar-refractivity contribution in [1.82, 2.24) is 20.4 Å². The number of nitrogens with one attached hydrogen (secondary N) is 2. The summed E-state index contributed by atoms with van der Waals surface area (Å²) >= 11 is 0. The zero-order chi connectivity index (χ0) is 18.2. The van der Waals surface area contributed by atoms with Crippen LogP contribution in [0, 0.1) is 0 Å². The monoisotopic (exact) mass is 362 g/mol. The zero-order valence-corrected chi connectivity index (χ0v) is 14.5. The molecule has 1 aromatic heterocycles. The molecule has 5 rings (SSSR count). The third kappa shape index (κ3) is 2.92. The molecule has 2 aliphatic rings. The second-order valence-corrected chi connectivity index (χ2v) is 6.52. The highest BCUT2D eigenvalue weighted by molar-refractivity contribution is 5.94. The standard InChI is InChI=1S/C20H18N4O3/c25-20-16-9-15(14-4-2-1-3-5-14)23-24(16)19(11-22-20)21-10-13-6-7-17-18(8-13)27-12-26-17/h1-9,19,21H,10-12H2,(H,22,25)/t19-/m0/s1. The highest BCUT2D eigenvalue weighted by atomic mass is 16.7. The molecule has 136 valence electrons. The van der Waals surface area contributed by atoms with Crippen LogP contribution in [0.3, 0.4) is 0 Å². The van der Waals surface area contributed by atoms with Crippen LogP contribution >= 0.6 is 0 Å². The Hall–Kier alpha value is -3.32. The van der Waals surface area contributed by atoms with Gasteiger partial charge in [0.25, 0.3) is 5.91 Å². The Bertz CT molecular complexity index is 1000. The van der Waals surface area contributed by atoms with E-state index in [1.54, 1.807) is 4.68 Å². The van der Waals surface area contributed by atoms with Crippen LogP contribution in [0.25, 0.3) is 11.3 Å². The lowest BCUT2D eigenvalue weighted by Gasteiger charge is -2.25. The highest BCUT2D eigenvalue weighted by Gasteiger charge is 2.27. The molecule has 0 spiro atoms. The first-order chi connectivity index (χ1) is 13.3. The van der Waals surface area contributed by atoms with Gasteiger partial charge in [0.15, 0.2) is 11.5 Å². The molecule has 1 atom stereocenters. The van der Waals surface area contributed by atoms with E-state index in [2.05, 4.69) is 15.7 Å². The summed E-state index contributed by atoms with van der Waals surface area (Å²) in [7, 11) is 0. The number of amides is 1. The minimum Gasteiger partial charge on any atom is -0.454 e. The number of benzene rings is 2. The minimum atomic E-state index is -0.124. The summed E-state index contributed by atoms with van der Waals surface area (Å²) in [5, 5.41) is 11.1. The first-order valence-electron chi connectivity index (χ1n) is 8.83. The van der Waals surface area contributed by atoms with Crippen molar-refractivity contribution in [3.05, 3.63) is 65.9 Å². The molecule has 27 heavy (non-hydrogen) atoms. The topological polar surface area (TPSA) is 77.4 Å². The fraction of sp³-hybridized carbons (Fsp3) is 0.200. The largest absolute Gasteiger partial charge is 0.454 e. The predicted molar refractivity (Wildman–Crippen MR) is 98.4 cm³/mol. The molecular weight excluding hydrogens is 344 g/mol. The molecule has 0 fully saturated rings. The van der Waals surface area contributed by atoms with Crippen LogP contribution in [0.1, 0.15) is 22.2 Å². The summed E-state index contributed by atoms with van der Waals surface area (Å²) < 4.78 is 12.5. The summed E-state index contributed by atoms with van der Waals surface area (Å²) in [6.07, 6.45) is -0.124. The van der Waals surface area contributed by atoms with E-state index in [4.69, 9.17) is 9.47 Å². The molecule has 7 heteroatoms. The van der Waals surface area contributed by atoms with Crippen molar-refractivity contribution in [2.45, 2.75) is 12.7 Å². The lowest BCUT2D eigenvalue weighted by molar-refractivity contribution is 0.0900. The van der Waals surface area contributed by atoms with Gasteiger partial charge in [-0.05, 0) is 23.8 Å². The Balaban J connectivity index is 1.38. The van der Waals surface area contributed by atoms with Gasteiger partial charge >= 0.3 is 0 Å². The van der Waals surface area contributed by atoms with Crippen LogP contribution in [0.15, 0.2) is 54.6 Å². The normalized spacial score (nSPS) is 17.5. The number of hydrogen-bond acceptors (Lipinski definition) is 5. The zero-order valence-electron chi connectivity index (χ0n) is 14.5. The molecule has 0 bridgehead atoms. The van der Waals surface area contributed by atoms with Crippen molar-refractivity contribution in [2.24, 2.45) is 0 Å². The molecule has 0 radical (unpaired) electrons. The molecule has 0 saturated heterocycles. The number of nitrogens with zero attached hydrogens (tertiary/aromatic N) is 2. The second-order valence-electron chi connectivity index (χ2n) is 6.52. The smallest absolute Gasteiger partial charge is 0.269 e. The van der Waals surface area contributed by atoms with Crippen molar-refractivity contribution in [3.8, 4) is 22.8 Å². The fourth-order valence-corrected chi connectivity index (χ4v) is 3.36. The number of fused-ring (bicyclic) bond motifs is 2. The molecule has 2 N–H and O–H groups in total. The van der Waals surface area contributed by atoms with Gasteiger partial charge in [-0.2, -0.15) is 5.10 Å². The van der Waals surface area contributed by atoms with Crippen LogP contribution < -0.4 is 20.1 Å². The predicted octanol–water partition coefficient (Wildman–Crippen LogP) is 2.31. The van der Waals surface area contributed by atoms with E-state index in [9.17, 15) is 4.79 Å². The maximum Gasteiger partial charge on any atom is 0.269 e. The number of ether oxygens (including phenoxy) is 2. The molecule has 2 aromatic carbocycles. The maximum absolute atomic E-state index is 12.2. The Kier molecular flexibility index (Phi) is 3.79. The molecule has 3 aromatic rings.